The Morgan fingerprint density at radius 3 is 2.83 bits per heavy atom. The molecule has 98 valence electrons. The Morgan fingerprint density at radius 2 is 2.22 bits per heavy atom. The number of methoxy groups -OCH3 is 1. The summed E-state index contributed by atoms with van der Waals surface area (Å²) < 4.78 is 10.5. The zero-order chi connectivity index (χ0) is 12.8. The number of anilines is 1. The van der Waals surface area contributed by atoms with Gasteiger partial charge < -0.3 is 20.1 Å². The van der Waals surface area contributed by atoms with Crippen molar-refractivity contribution in [3.8, 4) is 5.75 Å². The molecule has 2 N–H and O–H groups in total. The number of hydrogen-bond acceptors (Lipinski definition) is 3. The van der Waals surface area contributed by atoms with Gasteiger partial charge >= 0.3 is 6.03 Å². The smallest absolute Gasteiger partial charge is 0.319 e. The summed E-state index contributed by atoms with van der Waals surface area (Å²) in [5, 5.41) is 5.55. The van der Waals surface area contributed by atoms with Crippen LogP contribution in [0, 0.1) is 0 Å². The third-order valence-electron chi connectivity index (χ3n) is 2.86. The monoisotopic (exact) mass is 250 g/mol. The van der Waals surface area contributed by atoms with Crippen LogP contribution >= 0.6 is 0 Å². The van der Waals surface area contributed by atoms with Gasteiger partial charge in [0.2, 0.25) is 0 Å². The summed E-state index contributed by atoms with van der Waals surface area (Å²) in [5.74, 6) is 0.764. The summed E-state index contributed by atoms with van der Waals surface area (Å²) in [7, 11) is 1.61. The highest BCUT2D eigenvalue weighted by Gasteiger charge is 2.15. The highest BCUT2D eigenvalue weighted by Crippen LogP contribution is 2.15. The second-order valence-corrected chi connectivity index (χ2v) is 4.20. The van der Waals surface area contributed by atoms with E-state index in [4.69, 9.17) is 9.47 Å². The lowest BCUT2D eigenvalue weighted by Gasteiger charge is -2.11. The van der Waals surface area contributed by atoms with E-state index >= 15 is 0 Å². The molecule has 2 amide bonds. The molecule has 0 bridgehead atoms. The normalized spacial score (nSPS) is 18.4. The molecule has 2 rings (SSSR count). The maximum atomic E-state index is 11.6. The molecule has 0 unspecified atom stereocenters. The van der Waals surface area contributed by atoms with Crippen molar-refractivity contribution in [1.29, 1.82) is 0 Å². The fourth-order valence-electron chi connectivity index (χ4n) is 1.86. The Balaban J connectivity index is 1.75. The van der Waals surface area contributed by atoms with Crippen molar-refractivity contribution >= 4 is 11.7 Å². The van der Waals surface area contributed by atoms with Gasteiger partial charge in [0.25, 0.3) is 0 Å². The van der Waals surface area contributed by atoms with Gasteiger partial charge in [-0.15, -0.1) is 0 Å². The third-order valence-corrected chi connectivity index (χ3v) is 2.86. The molecule has 0 aromatic heterocycles. The molecule has 0 aliphatic carbocycles. The van der Waals surface area contributed by atoms with Crippen LogP contribution in [0.25, 0.3) is 0 Å². The van der Waals surface area contributed by atoms with Crippen molar-refractivity contribution in [2.45, 2.75) is 18.9 Å². The van der Waals surface area contributed by atoms with E-state index in [1.54, 1.807) is 31.4 Å². The fraction of sp³-hybridized carbons (Fsp3) is 0.462. The molecule has 0 saturated carbocycles. The molecule has 1 saturated heterocycles. The number of carbonyl (C=O) groups excluding carboxylic acids is 1. The molecule has 1 aromatic rings. The predicted molar refractivity (Wildman–Crippen MR) is 69.0 cm³/mol. The number of rotatable bonds is 4. The molecule has 1 aromatic carbocycles. The number of amides is 2. The molecule has 1 aliphatic heterocycles. The molecule has 18 heavy (non-hydrogen) atoms. The van der Waals surface area contributed by atoms with Crippen LogP contribution in [-0.4, -0.2) is 32.4 Å². The summed E-state index contributed by atoms with van der Waals surface area (Å²) in [4.78, 5) is 11.6. The molecular formula is C13H18N2O3. The lowest BCUT2D eigenvalue weighted by atomic mass is 10.2. The molecule has 1 atom stereocenters. The van der Waals surface area contributed by atoms with Gasteiger partial charge in [0.1, 0.15) is 5.75 Å². The van der Waals surface area contributed by atoms with E-state index in [1.165, 1.54) is 0 Å². The lowest BCUT2D eigenvalue weighted by molar-refractivity contribution is 0.112. The molecule has 5 nitrogen and oxygen atoms in total. The first kappa shape index (κ1) is 12.7. The van der Waals surface area contributed by atoms with Gasteiger partial charge in [-0.25, -0.2) is 4.79 Å². The summed E-state index contributed by atoms with van der Waals surface area (Å²) >= 11 is 0. The van der Waals surface area contributed by atoms with E-state index in [0.717, 1.165) is 30.9 Å². The number of hydrogen-bond donors (Lipinski definition) is 2. The molecular weight excluding hydrogens is 232 g/mol. The van der Waals surface area contributed by atoms with Crippen LogP contribution < -0.4 is 15.4 Å². The maximum absolute atomic E-state index is 11.6. The Morgan fingerprint density at radius 1 is 1.44 bits per heavy atom. The Labute approximate surface area is 106 Å². The van der Waals surface area contributed by atoms with Crippen molar-refractivity contribution < 1.29 is 14.3 Å². The second-order valence-electron chi connectivity index (χ2n) is 4.20. The Bertz CT molecular complexity index is 386. The zero-order valence-corrected chi connectivity index (χ0v) is 10.4. The maximum Gasteiger partial charge on any atom is 0.319 e. The van der Waals surface area contributed by atoms with Gasteiger partial charge in [0, 0.05) is 18.8 Å². The Kier molecular flexibility index (Phi) is 4.41. The molecule has 5 heteroatoms. The van der Waals surface area contributed by atoms with Crippen LogP contribution in [0.2, 0.25) is 0 Å². The van der Waals surface area contributed by atoms with Gasteiger partial charge in [-0.05, 0) is 37.1 Å². The zero-order valence-electron chi connectivity index (χ0n) is 10.4. The summed E-state index contributed by atoms with van der Waals surface area (Å²) in [6.07, 6.45) is 2.25. The SMILES string of the molecule is COc1ccc(NC(=O)NC[C@H]2CCCO2)cc1. The van der Waals surface area contributed by atoms with Crippen LogP contribution in [0.15, 0.2) is 24.3 Å². The van der Waals surface area contributed by atoms with Crippen LogP contribution in [-0.2, 0) is 4.74 Å². The topological polar surface area (TPSA) is 59.6 Å². The second kappa shape index (κ2) is 6.26. The van der Waals surface area contributed by atoms with Crippen LogP contribution in [0.1, 0.15) is 12.8 Å². The number of nitrogens with one attached hydrogen (secondary N) is 2. The van der Waals surface area contributed by atoms with E-state index in [2.05, 4.69) is 10.6 Å². The quantitative estimate of drug-likeness (QED) is 0.859. The minimum atomic E-state index is -0.212. The van der Waals surface area contributed by atoms with Crippen molar-refractivity contribution in [2.75, 3.05) is 25.6 Å². The molecule has 1 aliphatic rings. The van der Waals surface area contributed by atoms with Crippen LogP contribution in [0.3, 0.4) is 0 Å². The highest BCUT2D eigenvalue weighted by atomic mass is 16.5. The van der Waals surface area contributed by atoms with Crippen molar-refractivity contribution in [2.24, 2.45) is 0 Å². The van der Waals surface area contributed by atoms with Crippen molar-refractivity contribution in [3.05, 3.63) is 24.3 Å². The standard InChI is InChI=1S/C13H18N2O3/c1-17-11-6-4-10(5-7-11)15-13(16)14-9-12-3-2-8-18-12/h4-7,12H,2-3,8-9H2,1H3,(H2,14,15,16)/t12-/m1/s1. The van der Waals surface area contributed by atoms with Crippen LogP contribution in [0.5, 0.6) is 5.75 Å². The van der Waals surface area contributed by atoms with Gasteiger partial charge in [-0.2, -0.15) is 0 Å². The van der Waals surface area contributed by atoms with E-state index in [0.29, 0.717) is 6.54 Å². The van der Waals surface area contributed by atoms with Crippen molar-refractivity contribution in [1.82, 2.24) is 5.32 Å². The summed E-state index contributed by atoms with van der Waals surface area (Å²) in [6.45, 7) is 1.36. The average molecular weight is 250 g/mol. The molecule has 0 radical (unpaired) electrons. The first-order valence-electron chi connectivity index (χ1n) is 6.08. The summed E-state index contributed by atoms with van der Waals surface area (Å²) in [6, 6.07) is 6.98. The van der Waals surface area contributed by atoms with E-state index in [1.807, 2.05) is 0 Å². The largest absolute Gasteiger partial charge is 0.497 e. The number of urea groups is 1. The molecule has 1 fully saturated rings. The van der Waals surface area contributed by atoms with E-state index in [-0.39, 0.29) is 12.1 Å². The third kappa shape index (κ3) is 3.63. The first-order chi connectivity index (χ1) is 8.78. The van der Waals surface area contributed by atoms with Gasteiger partial charge in [0.15, 0.2) is 0 Å². The predicted octanol–water partition coefficient (Wildman–Crippen LogP) is 2.00. The number of benzene rings is 1. The lowest BCUT2D eigenvalue weighted by Crippen LogP contribution is -2.34. The average Bonchev–Trinajstić information content (AvgIpc) is 2.90. The minimum absolute atomic E-state index is 0.159. The van der Waals surface area contributed by atoms with Crippen molar-refractivity contribution in [3.63, 3.8) is 0 Å². The van der Waals surface area contributed by atoms with Gasteiger partial charge in [-0.3, -0.25) is 0 Å². The first-order valence-corrected chi connectivity index (χ1v) is 6.08. The Hall–Kier alpha value is -1.75. The number of carbonyl (C=O) groups is 1. The van der Waals surface area contributed by atoms with Crippen LogP contribution in [0.4, 0.5) is 10.5 Å². The fourth-order valence-corrected chi connectivity index (χ4v) is 1.86. The molecule has 1 heterocycles. The minimum Gasteiger partial charge on any atom is -0.497 e. The van der Waals surface area contributed by atoms with E-state index < -0.39 is 0 Å². The van der Waals surface area contributed by atoms with Gasteiger partial charge in [-0.1, -0.05) is 0 Å². The number of ether oxygens (including phenoxy) is 2. The molecule has 0 spiro atoms. The van der Waals surface area contributed by atoms with Gasteiger partial charge in [0.05, 0.1) is 13.2 Å². The van der Waals surface area contributed by atoms with E-state index in [9.17, 15) is 4.79 Å². The summed E-state index contributed by atoms with van der Waals surface area (Å²) in [5.41, 5.74) is 0.737. The highest BCUT2D eigenvalue weighted by molar-refractivity contribution is 5.89.